The van der Waals surface area contributed by atoms with Gasteiger partial charge in [-0.2, -0.15) is 0 Å². The third-order valence-electron chi connectivity index (χ3n) is 5.09. The minimum Gasteiger partial charge on any atom is -0.357 e. The van der Waals surface area contributed by atoms with Crippen LogP contribution in [0.4, 0.5) is 5.13 Å². The van der Waals surface area contributed by atoms with Crippen molar-refractivity contribution in [3.05, 3.63) is 5.01 Å². The molecule has 2 saturated carbocycles. The molecule has 1 aromatic rings. The normalized spacial score (nSPS) is 22.8. The van der Waals surface area contributed by atoms with Crippen LogP contribution in [0.15, 0.2) is 0 Å². The van der Waals surface area contributed by atoms with Crippen molar-refractivity contribution in [3.8, 4) is 0 Å². The highest BCUT2D eigenvalue weighted by Gasteiger charge is 2.37. The highest BCUT2D eigenvalue weighted by atomic mass is 32.1. The predicted octanol–water partition coefficient (Wildman–Crippen LogP) is 4.65. The Balaban J connectivity index is 1.50. The maximum Gasteiger partial charge on any atom is 0.205 e. The molecular weight excluding hydrogens is 266 g/mol. The number of hydrogen-bond donors (Lipinski definition) is 1. The van der Waals surface area contributed by atoms with Gasteiger partial charge in [-0.05, 0) is 49.9 Å². The van der Waals surface area contributed by atoms with Crippen molar-refractivity contribution in [2.45, 2.75) is 77.7 Å². The first kappa shape index (κ1) is 14.3. The molecule has 0 saturated heterocycles. The molecule has 2 fully saturated rings. The SMILES string of the molecule is CC(C)Cc1nnc(NC2CCC3(CCCC3)CC2)s1. The molecule has 0 aliphatic heterocycles. The topological polar surface area (TPSA) is 37.8 Å². The van der Waals surface area contributed by atoms with Crippen molar-refractivity contribution in [1.29, 1.82) is 0 Å². The fourth-order valence-electron chi connectivity index (χ4n) is 3.92. The average Bonchev–Trinajstić information content (AvgIpc) is 3.02. The molecule has 1 spiro atoms. The van der Waals surface area contributed by atoms with Gasteiger partial charge in [-0.25, -0.2) is 0 Å². The zero-order chi connectivity index (χ0) is 14.0. The summed E-state index contributed by atoms with van der Waals surface area (Å²) in [6.07, 6.45) is 12.4. The minimum atomic E-state index is 0.626. The van der Waals surface area contributed by atoms with Gasteiger partial charge >= 0.3 is 0 Å². The highest BCUT2D eigenvalue weighted by molar-refractivity contribution is 7.15. The smallest absolute Gasteiger partial charge is 0.205 e. The minimum absolute atomic E-state index is 0.626. The number of nitrogens with one attached hydrogen (secondary N) is 1. The summed E-state index contributed by atoms with van der Waals surface area (Å²) in [5.74, 6) is 0.660. The van der Waals surface area contributed by atoms with Crippen LogP contribution < -0.4 is 5.32 Å². The molecule has 20 heavy (non-hydrogen) atoms. The van der Waals surface area contributed by atoms with Gasteiger partial charge < -0.3 is 5.32 Å². The molecule has 0 radical (unpaired) electrons. The van der Waals surface area contributed by atoms with Crippen molar-refractivity contribution >= 4 is 16.5 Å². The van der Waals surface area contributed by atoms with Gasteiger partial charge in [0.2, 0.25) is 5.13 Å². The molecule has 2 aliphatic rings. The van der Waals surface area contributed by atoms with E-state index in [-0.39, 0.29) is 0 Å². The molecule has 0 unspecified atom stereocenters. The van der Waals surface area contributed by atoms with Crippen LogP contribution >= 0.6 is 11.3 Å². The quantitative estimate of drug-likeness (QED) is 0.878. The second kappa shape index (κ2) is 6.00. The molecular formula is C16H27N3S. The van der Waals surface area contributed by atoms with Crippen molar-refractivity contribution < 1.29 is 0 Å². The van der Waals surface area contributed by atoms with Gasteiger partial charge in [-0.1, -0.05) is 38.0 Å². The van der Waals surface area contributed by atoms with E-state index in [0.29, 0.717) is 12.0 Å². The lowest BCUT2D eigenvalue weighted by Crippen LogP contribution is -2.31. The molecule has 0 amide bonds. The van der Waals surface area contributed by atoms with E-state index in [1.807, 2.05) is 0 Å². The fourth-order valence-corrected chi connectivity index (χ4v) is 4.95. The van der Waals surface area contributed by atoms with E-state index in [9.17, 15) is 0 Å². The lowest BCUT2D eigenvalue weighted by molar-refractivity contribution is 0.188. The number of hydrogen-bond acceptors (Lipinski definition) is 4. The largest absolute Gasteiger partial charge is 0.357 e. The van der Waals surface area contributed by atoms with Crippen molar-refractivity contribution in [1.82, 2.24) is 10.2 Å². The van der Waals surface area contributed by atoms with Crippen LogP contribution in [0.2, 0.25) is 0 Å². The summed E-state index contributed by atoms with van der Waals surface area (Å²) in [7, 11) is 0. The van der Waals surface area contributed by atoms with Crippen LogP contribution in [0.1, 0.15) is 70.2 Å². The zero-order valence-corrected chi connectivity index (χ0v) is 13.6. The molecule has 4 heteroatoms. The van der Waals surface area contributed by atoms with E-state index in [1.165, 1.54) is 56.4 Å². The summed E-state index contributed by atoms with van der Waals surface area (Å²) in [5.41, 5.74) is 0.724. The Hall–Kier alpha value is -0.640. The van der Waals surface area contributed by atoms with Crippen LogP contribution in [-0.2, 0) is 6.42 Å². The number of aromatic nitrogens is 2. The standard InChI is InChI=1S/C16H27N3S/c1-12(2)11-14-18-19-15(20-14)17-13-5-9-16(10-6-13)7-3-4-8-16/h12-13H,3-11H2,1-2H3,(H,17,19). The average molecular weight is 293 g/mol. The Morgan fingerprint density at radius 2 is 1.85 bits per heavy atom. The van der Waals surface area contributed by atoms with E-state index < -0.39 is 0 Å². The fraction of sp³-hybridized carbons (Fsp3) is 0.875. The molecule has 0 bridgehead atoms. The van der Waals surface area contributed by atoms with E-state index in [0.717, 1.165) is 17.0 Å². The Labute approximate surface area is 126 Å². The molecule has 2 aliphatic carbocycles. The molecule has 1 heterocycles. The Bertz CT molecular complexity index is 425. The van der Waals surface area contributed by atoms with Gasteiger partial charge in [-0.15, -0.1) is 10.2 Å². The molecule has 1 aromatic heterocycles. The van der Waals surface area contributed by atoms with Crippen molar-refractivity contribution in [2.24, 2.45) is 11.3 Å². The molecule has 3 rings (SSSR count). The highest BCUT2D eigenvalue weighted by Crippen LogP contribution is 2.49. The Kier molecular flexibility index (Phi) is 4.29. The van der Waals surface area contributed by atoms with E-state index in [4.69, 9.17) is 0 Å². The first-order valence-corrected chi connectivity index (χ1v) is 9.06. The van der Waals surface area contributed by atoms with Crippen LogP contribution in [0.3, 0.4) is 0 Å². The molecule has 0 atom stereocenters. The summed E-state index contributed by atoms with van der Waals surface area (Å²) >= 11 is 1.75. The first-order chi connectivity index (χ1) is 9.65. The van der Waals surface area contributed by atoms with Crippen LogP contribution in [0, 0.1) is 11.3 Å². The molecule has 0 aromatic carbocycles. The first-order valence-electron chi connectivity index (χ1n) is 8.24. The summed E-state index contributed by atoms with van der Waals surface area (Å²) in [6.45, 7) is 4.47. The number of nitrogens with zero attached hydrogens (tertiary/aromatic N) is 2. The predicted molar refractivity (Wildman–Crippen MR) is 85.2 cm³/mol. The van der Waals surface area contributed by atoms with E-state index >= 15 is 0 Å². The van der Waals surface area contributed by atoms with Gasteiger partial charge in [0, 0.05) is 12.5 Å². The van der Waals surface area contributed by atoms with E-state index in [2.05, 4.69) is 29.4 Å². The Morgan fingerprint density at radius 3 is 2.50 bits per heavy atom. The lowest BCUT2D eigenvalue weighted by Gasteiger charge is -2.37. The molecule has 3 nitrogen and oxygen atoms in total. The molecule has 1 N–H and O–H groups in total. The lowest BCUT2D eigenvalue weighted by atomic mass is 9.71. The van der Waals surface area contributed by atoms with E-state index in [1.54, 1.807) is 11.3 Å². The zero-order valence-electron chi connectivity index (χ0n) is 12.8. The Morgan fingerprint density at radius 1 is 1.15 bits per heavy atom. The van der Waals surface area contributed by atoms with Gasteiger partial charge in [-0.3, -0.25) is 0 Å². The van der Waals surface area contributed by atoms with Gasteiger partial charge in [0.15, 0.2) is 0 Å². The second-order valence-electron chi connectivity index (χ2n) is 7.22. The summed E-state index contributed by atoms with van der Waals surface area (Å²) < 4.78 is 0. The summed E-state index contributed by atoms with van der Waals surface area (Å²) in [4.78, 5) is 0. The van der Waals surface area contributed by atoms with Gasteiger partial charge in [0.05, 0.1) is 0 Å². The maximum absolute atomic E-state index is 4.31. The summed E-state index contributed by atoms with van der Waals surface area (Å²) in [6, 6.07) is 0.626. The second-order valence-corrected chi connectivity index (χ2v) is 8.29. The van der Waals surface area contributed by atoms with Crippen LogP contribution in [0.25, 0.3) is 0 Å². The van der Waals surface area contributed by atoms with Gasteiger partial charge in [0.1, 0.15) is 5.01 Å². The van der Waals surface area contributed by atoms with Gasteiger partial charge in [0.25, 0.3) is 0 Å². The monoisotopic (exact) mass is 293 g/mol. The van der Waals surface area contributed by atoms with Crippen LogP contribution in [-0.4, -0.2) is 16.2 Å². The third kappa shape index (κ3) is 3.33. The van der Waals surface area contributed by atoms with Crippen molar-refractivity contribution in [3.63, 3.8) is 0 Å². The number of anilines is 1. The van der Waals surface area contributed by atoms with Crippen molar-refractivity contribution in [2.75, 3.05) is 5.32 Å². The summed E-state index contributed by atoms with van der Waals surface area (Å²) in [5, 5.41) is 14.4. The third-order valence-corrected chi connectivity index (χ3v) is 5.96. The number of rotatable bonds is 4. The maximum atomic E-state index is 4.31. The van der Waals surface area contributed by atoms with Crippen LogP contribution in [0.5, 0.6) is 0 Å². The molecule has 112 valence electrons.